The van der Waals surface area contributed by atoms with Crippen molar-refractivity contribution in [2.75, 3.05) is 21.3 Å². The van der Waals surface area contributed by atoms with E-state index in [1.165, 1.54) is 33.5 Å². The number of benzene rings is 2. The summed E-state index contributed by atoms with van der Waals surface area (Å²) in [7, 11) is 4.52. The molecule has 3 aromatic rings. The first kappa shape index (κ1) is 22.8. The molecule has 32 heavy (non-hydrogen) atoms. The van der Waals surface area contributed by atoms with Crippen molar-refractivity contribution >= 4 is 12.0 Å². The average Bonchev–Trinajstić information content (AvgIpc) is 3.29. The van der Waals surface area contributed by atoms with Crippen molar-refractivity contribution in [1.82, 2.24) is 10.1 Å². The van der Waals surface area contributed by atoms with Crippen LogP contribution in [0.2, 0.25) is 0 Å². The molecule has 1 atom stereocenters. The van der Waals surface area contributed by atoms with Gasteiger partial charge < -0.3 is 23.5 Å². The number of methoxy groups -OCH3 is 3. The lowest BCUT2D eigenvalue weighted by atomic mass is 10.1. The van der Waals surface area contributed by atoms with Gasteiger partial charge in [0, 0.05) is 11.6 Å². The number of esters is 1. The van der Waals surface area contributed by atoms with E-state index in [9.17, 15) is 9.18 Å². The predicted molar refractivity (Wildman–Crippen MR) is 114 cm³/mol. The summed E-state index contributed by atoms with van der Waals surface area (Å²) in [6.07, 6.45) is 2.00. The van der Waals surface area contributed by atoms with Crippen molar-refractivity contribution < 1.29 is 32.7 Å². The smallest absolute Gasteiger partial charge is 0.331 e. The van der Waals surface area contributed by atoms with Crippen LogP contribution in [0.5, 0.6) is 17.2 Å². The fourth-order valence-electron chi connectivity index (χ4n) is 2.88. The highest BCUT2D eigenvalue weighted by Gasteiger charge is 2.19. The molecule has 2 aromatic carbocycles. The molecule has 0 aliphatic carbocycles. The minimum Gasteiger partial charge on any atom is -0.493 e. The minimum absolute atomic E-state index is 0.0931. The molecule has 0 aliphatic rings. The van der Waals surface area contributed by atoms with Gasteiger partial charge in [-0.25, -0.2) is 9.18 Å². The third-order valence-corrected chi connectivity index (χ3v) is 4.61. The first-order valence-electron chi connectivity index (χ1n) is 9.65. The number of hydrogen-bond donors (Lipinski definition) is 0. The second-order valence-corrected chi connectivity index (χ2v) is 6.79. The molecule has 0 spiro atoms. The van der Waals surface area contributed by atoms with Gasteiger partial charge in [0.15, 0.2) is 17.6 Å². The first-order valence-corrected chi connectivity index (χ1v) is 9.65. The average molecular weight is 442 g/mol. The number of carbonyl (C=O) groups excluding carboxylic acids is 1. The third-order valence-electron chi connectivity index (χ3n) is 4.61. The van der Waals surface area contributed by atoms with Crippen LogP contribution in [0, 0.1) is 12.7 Å². The number of carbonyl (C=O) groups is 1. The molecule has 0 aliphatic heterocycles. The SMILES string of the molecule is COc1cc(/C=C/C(=O)OC(C)c2nc(-c3ccc(C)c(F)c3)no2)cc(OC)c1OC. The quantitative estimate of drug-likeness (QED) is 0.371. The summed E-state index contributed by atoms with van der Waals surface area (Å²) in [6, 6.07) is 8.02. The molecule has 3 rings (SSSR count). The maximum Gasteiger partial charge on any atom is 0.331 e. The Balaban J connectivity index is 1.69. The van der Waals surface area contributed by atoms with Crippen LogP contribution in [0.25, 0.3) is 17.5 Å². The van der Waals surface area contributed by atoms with Crippen molar-refractivity contribution in [2.24, 2.45) is 0 Å². The summed E-state index contributed by atoms with van der Waals surface area (Å²) in [5.41, 5.74) is 1.62. The van der Waals surface area contributed by atoms with Crippen LogP contribution in [0.1, 0.15) is 30.0 Å². The number of aryl methyl sites for hydroxylation is 1. The van der Waals surface area contributed by atoms with Crippen molar-refractivity contribution in [2.45, 2.75) is 20.0 Å². The van der Waals surface area contributed by atoms with E-state index in [4.69, 9.17) is 23.5 Å². The van der Waals surface area contributed by atoms with Gasteiger partial charge in [-0.15, -0.1) is 0 Å². The number of ether oxygens (including phenoxy) is 4. The van der Waals surface area contributed by atoms with Gasteiger partial charge in [-0.1, -0.05) is 17.3 Å². The molecule has 0 saturated carbocycles. The van der Waals surface area contributed by atoms with E-state index in [2.05, 4.69) is 10.1 Å². The van der Waals surface area contributed by atoms with E-state index in [1.807, 2.05) is 0 Å². The Morgan fingerprint density at radius 2 is 1.78 bits per heavy atom. The molecule has 9 heteroatoms. The third kappa shape index (κ3) is 5.05. The van der Waals surface area contributed by atoms with Gasteiger partial charge in [0.2, 0.25) is 11.6 Å². The van der Waals surface area contributed by atoms with E-state index >= 15 is 0 Å². The standard InChI is InChI=1S/C23H23FN2O6/c1-13-6-8-16(12-17(13)24)22-25-23(32-26-22)14(2)31-20(27)9-7-15-10-18(28-3)21(30-5)19(11-15)29-4/h6-12,14H,1-5H3/b9-7+. The van der Waals surface area contributed by atoms with E-state index in [-0.39, 0.29) is 17.5 Å². The summed E-state index contributed by atoms with van der Waals surface area (Å²) >= 11 is 0. The summed E-state index contributed by atoms with van der Waals surface area (Å²) in [6.45, 7) is 3.26. The minimum atomic E-state index is -0.802. The fourth-order valence-corrected chi connectivity index (χ4v) is 2.88. The van der Waals surface area contributed by atoms with Crippen LogP contribution < -0.4 is 14.2 Å². The number of aromatic nitrogens is 2. The van der Waals surface area contributed by atoms with Gasteiger partial charge in [0.1, 0.15) is 5.82 Å². The summed E-state index contributed by atoms with van der Waals surface area (Å²) in [4.78, 5) is 16.4. The number of nitrogens with zero attached hydrogens (tertiary/aromatic N) is 2. The lowest BCUT2D eigenvalue weighted by molar-refractivity contribution is -0.143. The van der Waals surface area contributed by atoms with Crippen LogP contribution >= 0.6 is 0 Å². The Morgan fingerprint density at radius 1 is 1.09 bits per heavy atom. The van der Waals surface area contributed by atoms with Crippen LogP contribution in [0.4, 0.5) is 4.39 Å². The molecule has 168 valence electrons. The van der Waals surface area contributed by atoms with Gasteiger partial charge in [-0.2, -0.15) is 4.98 Å². The van der Waals surface area contributed by atoms with Crippen LogP contribution in [-0.2, 0) is 9.53 Å². The molecule has 0 bridgehead atoms. The van der Waals surface area contributed by atoms with Gasteiger partial charge in [0.25, 0.3) is 5.89 Å². The monoisotopic (exact) mass is 442 g/mol. The molecular formula is C23H23FN2O6. The van der Waals surface area contributed by atoms with Crippen molar-refractivity contribution in [3.05, 3.63) is 59.2 Å². The predicted octanol–water partition coefficient (Wildman–Crippen LogP) is 4.53. The maximum absolute atomic E-state index is 13.8. The van der Waals surface area contributed by atoms with E-state index in [0.717, 1.165) is 0 Å². The molecule has 0 amide bonds. The maximum atomic E-state index is 13.8. The molecular weight excluding hydrogens is 419 g/mol. The van der Waals surface area contributed by atoms with Crippen molar-refractivity contribution in [3.63, 3.8) is 0 Å². The molecule has 0 radical (unpaired) electrons. The molecule has 1 aromatic heterocycles. The summed E-state index contributed by atoms with van der Waals surface area (Å²) < 4.78 is 40.1. The highest BCUT2D eigenvalue weighted by Crippen LogP contribution is 2.38. The Hall–Kier alpha value is -3.88. The lowest BCUT2D eigenvalue weighted by Crippen LogP contribution is -2.06. The zero-order valence-corrected chi connectivity index (χ0v) is 18.3. The highest BCUT2D eigenvalue weighted by atomic mass is 19.1. The van der Waals surface area contributed by atoms with Gasteiger partial charge in [-0.3, -0.25) is 0 Å². The molecule has 0 N–H and O–H groups in total. The Bertz CT molecular complexity index is 1120. The largest absolute Gasteiger partial charge is 0.493 e. The molecule has 0 saturated heterocycles. The van der Waals surface area contributed by atoms with Gasteiger partial charge >= 0.3 is 5.97 Å². The van der Waals surface area contributed by atoms with Gasteiger partial charge in [-0.05, 0) is 49.2 Å². The molecule has 1 unspecified atom stereocenters. The summed E-state index contributed by atoms with van der Waals surface area (Å²) in [5, 5.41) is 3.83. The van der Waals surface area contributed by atoms with E-state index in [1.54, 1.807) is 44.2 Å². The van der Waals surface area contributed by atoms with E-state index < -0.39 is 12.1 Å². The molecule has 1 heterocycles. The Kier molecular flexibility index (Phi) is 7.09. The Labute approximate surface area is 184 Å². The molecule has 8 nitrogen and oxygen atoms in total. The van der Waals surface area contributed by atoms with Crippen molar-refractivity contribution in [3.8, 4) is 28.6 Å². The van der Waals surface area contributed by atoms with Gasteiger partial charge in [0.05, 0.1) is 21.3 Å². The zero-order chi connectivity index (χ0) is 23.3. The second kappa shape index (κ2) is 9.95. The number of hydrogen-bond acceptors (Lipinski definition) is 8. The Morgan fingerprint density at radius 3 is 2.38 bits per heavy atom. The van der Waals surface area contributed by atoms with E-state index in [0.29, 0.717) is 33.9 Å². The number of rotatable bonds is 8. The second-order valence-electron chi connectivity index (χ2n) is 6.79. The normalized spacial score (nSPS) is 11.9. The van der Waals surface area contributed by atoms with Crippen LogP contribution in [0.15, 0.2) is 40.9 Å². The van der Waals surface area contributed by atoms with Crippen LogP contribution in [0.3, 0.4) is 0 Å². The topological polar surface area (TPSA) is 92.9 Å². The molecule has 0 fully saturated rings. The highest BCUT2D eigenvalue weighted by molar-refractivity contribution is 5.87. The zero-order valence-electron chi connectivity index (χ0n) is 18.3. The van der Waals surface area contributed by atoms with Crippen molar-refractivity contribution in [1.29, 1.82) is 0 Å². The first-order chi connectivity index (χ1) is 15.4. The summed E-state index contributed by atoms with van der Waals surface area (Å²) in [5.74, 6) is 0.672. The lowest BCUT2D eigenvalue weighted by Gasteiger charge is -2.12. The number of halogens is 1. The fraction of sp³-hybridized carbons (Fsp3) is 0.261. The van der Waals surface area contributed by atoms with Crippen LogP contribution in [-0.4, -0.2) is 37.4 Å².